The highest BCUT2D eigenvalue weighted by molar-refractivity contribution is 5.99. The van der Waals surface area contributed by atoms with Gasteiger partial charge in [-0.05, 0) is 17.2 Å². The number of anilines is 1. The van der Waals surface area contributed by atoms with Crippen molar-refractivity contribution in [1.82, 2.24) is 30.2 Å². The molecule has 2 heterocycles. The molecule has 200 valence electrons. The van der Waals surface area contributed by atoms with Crippen molar-refractivity contribution in [3.8, 4) is 11.8 Å². The maximum Gasteiger partial charge on any atom is 0.244 e. The third kappa shape index (κ3) is 8.51. The number of benzene rings is 1. The van der Waals surface area contributed by atoms with Crippen molar-refractivity contribution in [3.05, 3.63) is 48.0 Å². The largest absolute Gasteiger partial charge is 0.479 e. The second kappa shape index (κ2) is 15.5. The van der Waals surface area contributed by atoms with Crippen LogP contribution in [0.15, 0.2) is 36.7 Å². The van der Waals surface area contributed by atoms with E-state index >= 15 is 0 Å². The standard InChI is InChI=1S/C27H39N7O3/c1-4-5-6-7-8-9-10-11-12-16-19-34-32-24(31-33-34)22(21-17-14-13-15-18-21)25(35)30-23-26(36-2)28-20-29-27(23)37-3/h13-15,17-18,20,22H,4-12,16,19H2,1-3H3,(H,30,35)/t22-/m0/s1. The molecule has 2 aromatic heterocycles. The van der Waals surface area contributed by atoms with Gasteiger partial charge in [0.15, 0.2) is 11.5 Å². The van der Waals surface area contributed by atoms with Crippen molar-refractivity contribution in [3.63, 3.8) is 0 Å². The van der Waals surface area contributed by atoms with Crippen LogP contribution in [0.3, 0.4) is 0 Å². The zero-order chi connectivity index (χ0) is 26.3. The second-order valence-corrected chi connectivity index (χ2v) is 9.03. The minimum atomic E-state index is -0.780. The Kier molecular flexibility index (Phi) is 11.8. The number of hydrogen-bond donors (Lipinski definition) is 1. The Balaban J connectivity index is 1.61. The van der Waals surface area contributed by atoms with Gasteiger partial charge in [0, 0.05) is 0 Å². The van der Waals surface area contributed by atoms with E-state index in [9.17, 15) is 4.79 Å². The number of nitrogens with zero attached hydrogens (tertiary/aromatic N) is 6. The van der Waals surface area contributed by atoms with Gasteiger partial charge in [0.1, 0.15) is 12.2 Å². The number of carbonyl (C=O) groups is 1. The lowest BCUT2D eigenvalue weighted by molar-refractivity contribution is -0.116. The molecule has 0 aliphatic carbocycles. The lowest BCUT2D eigenvalue weighted by Gasteiger charge is -2.16. The van der Waals surface area contributed by atoms with Crippen molar-refractivity contribution in [2.75, 3.05) is 19.5 Å². The molecule has 1 atom stereocenters. The molecule has 0 radical (unpaired) electrons. The zero-order valence-electron chi connectivity index (χ0n) is 22.2. The molecule has 1 aromatic carbocycles. The number of carbonyl (C=O) groups excluding carboxylic acids is 1. The lowest BCUT2D eigenvalue weighted by atomic mass is 9.97. The van der Waals surface area contributed by atoms with E-state index in [4.69, 9.17) is 9.47 Å². The zero-order valence-corrected chi connectivity index (χ0v) is 22.2. The molecule has 0 bridgehead atoms. The fourth-order valence-corrected chi connectivity index (χ4v) is 4.24. The summed E-state index contributed by atoms with van der Waals surface area (Å²) in [6.45, 7) is 2.92. The maximum atomic E-state index is 13.5. The predicted molar refractivity (Wildman–Crippen MR) is 142 cm³/mol. The Labute approximate surface area is 219 Å². The van der Waals surface area contributed by atoms with Gasteiger partial charge in [-0.3, -0.25) is 4.79 Å². The van der Waals surface area contributed by atoms with Crippen LogP contribution in [0, 0.1) is 0 Å². The maximum absolute atomic E-state index is 13.5. The molecule has 10 heteroatoms. The quantitative estimate of drug-likeness (QED) is 0.248. The number of hydrogen-bond acceptors (Lipinski definition) is 8. The minimum Gasteiger partial charge on any atom is -0.479 e. The van der Waals surface area contributed by atoms with Gasteiger partial charge in [-0.2, -0.15) is 14.8 Å². The first kappa shape index (κ1) is 28.0. The molecule has 10 nitrogen and oxygen atoms in total. The monoisotopic (exact) mass is 509 g/mol. The molecule has 0 saturated heterocycles. The summed E-state index contributed by atoms with van der Waals surface area (Å²) in [7, 11) is 2.93. The van der Waals surface area contributed by atoms with Gasteiger partial charge in [0.25, 0.3) is 0 Å². The number of tetrazole rings is 1. The fraction of sp³-hybridized carbons (Fsp3) is 0.556. The summed E-state index contributed by atoms with van der Waals surface area (Å²) in [5, 5.41) is 15.8. The molecule has 1 N–H and O–H groups in total. The average molecular weight is 510 g/mol. The summed E-state index contributed by atoms with van der Waals surface area (Å²) in [5.41, 5.74) is 0.990. The Morgan fingerprint density at radius 2 is 1.49 bits per heavy atom. The number of methoxy groups -OCH3 is 2. The smallest absolute Gasteiger partial charge is 0.244 e. The number of unbranched alkanes of at least 4 members (excludes halogenated alkanes) is 9. The number of ether oxygens (including phenoxy) is 2. The van der Waals surface area contributed by atoms with Gasteiger partial charge < -0.3 is 14.8 Å². The fourth-order valence-electron chi connectivity index (χ4n) is 4.24. The van der Waals surface area contributed by atoms with E-state index in [1.807, 2.05) is 30.3 Å². The normalized spacial score (nSPS) is 11.8. The summed E-state index contributed by atoms with van der Waals surface area (Å²) < 4.78 is 10.6. The van der Waals surface area contributed by atoms with Crippen LogP contribution < -0.4 is 14.8 Å². The lowest BCUT2D eigenvalue weighted by Crippen LogP contribution is -2.24. The topological polar surface area (TPSA) is 117 Å². The van der Waals surface area contributed by atoms with Gasteiger partial charge in [-0.25, -0.2) is 0 Å². The minimum absolute atomic E-state index is 0.199. The summed E-state index contributed by atoms with van der Waals surface area (Å²) in [4.78, 5) is 23.2. The molecule has 1 amide bonds. The number of aromatic nitrogens is 6. The van der Waals surface area contributed by atoms with Crippen molar-refractivity contribution in [2.45, 2.75) is 83.6 Å². The van der Waals surface area contributed by atoms with Crippen molar-refractivity contribution in [2.24, 2.45) is 0 Å². The Morgan fingerprint density at radius 3 is 2.08 bits per heavy atom. The van der Waals surface area contributed by atoms with Crippen LogP contribution in [-0.4, -0.2) is 50.3 Å². The number of amides is 1. The van der Waals surface area contributed by atoms with E-state index in [2.05, 4.69) is 37.6 Å². The first-order valence-electron chi connectivity index (χ1n) is 13.2. The van der Waals surface area contributed by atoms with E-state index in [1.54, 1.807) is 4.80 Å². The first-order chi connectivity index (χ1) is 18.2. The molecule has 0 unspecified atom stereocenters. The third-order valence-electron chi connectivity index (χ3n) is 6.25. The van der Waals surface area contributed by atoms with Gasteiger partial charge in [0.2, 0.25) is 17.7 Å². The Morgan fingerprint density at radius 1 is 0.892 bits per heavy atom. The van der Waals surface area contributed by atoms with Crippen molar-refractivity contribution >= 4 is 11.6 Å². The van der Waals surface area contributed by atoms with E-state index in [1.165, 1.54) is 71.9 Å². The summed E-state index contributed by atoms with van der Waals surface area (Å²) in [6.07, 6.45) is 13.9. The number of aryl methyl sites for hydroxylation is 1. The molecule has 0 spiro atoms. The first-order valence-corrected chi connectivity index (χ1v) is 13.2. The average Bonchev–Trinajstić information content (AvgIpc) is 3.38. The number of rotatable bonds is 17. The Hall–Kier alpha value is -3.56. The molecule has 0 saturated carbocycles. The van der Waals surface area contributed by atoms with Crippen LogP contribution in [-0.2, 0) is 11.3 Å². The van der Waals surface area contributed by atoms with Crippen molar-refractivity contribution in [1.29, 1.82) is 0 Å². The SMILES string of the molecule is CCCCCCCCCCCCn1nnc([C@@H](C(=O)Nc2c(OC)ncnc2OC)c2ccccc2)n1. The summed E-state index contributed by atoms with van der Waals surface area (Å²) in [5.74, 6) is -0.423. The van der Waals surface area contributed by atoms with E-state index < -0.39 is 5.92 Å². The van der Waals surface area contributed by atoms with E-state index in [0.717, 1.165) is 18.4 Å². The van der Waals surface area contributed by atoms with Crippen molar-refractivity contribution < 1.29 is 14.3 Å². The van der Waals surface area contributed by atoms with Gasteiger partial charge in [0.05, 0.1) is 20.8 Å². The molecule has 0 aliphatic heterocycles. The third-order valence-corrected chi connectivity index (χ3v) is 6.25. The van der Waals surface area contributed by atoms with Crippen LogP contribution >= 0.6 is 0 Å². The van der Waals surface area contributed by atoms with E-state index in [0.29, 0.717) is 12.4 Å². The molecule has 3 rings (SSSR count). The van der Waals surface area contributed by atoms with Crippen LogP contribution in [0.5, 0.6) is 11.8 Å². The summed E-state index contributed by atoms with van der Waals surface area (Å²) >= 11 is 0. The molecule has 3 aromatic rings. The van der Waals surface area contributed by atoms with Gasteiger partial charge >= 0.3 is 0 Å². The van der Waals surface area contributed by atoms with Crippen LogP contribution in [0.1, 0.15) is 88.4 Å². The Bertz CT molecular complexity index is 1050. The molecule has 37 heavy (non-hydrogen) atoms. The highest BCUT2D eigenvalue weighted by atomic mass is 16.5. The molecular weight excluding hydrogens is 470 g/mol. The molecular formula is C27H39N7O3. The highest BCUT2D eigenvalue weighted by Gasteiger charge is 2.29. The molecule has 0 fully saturated rings. The van der Waals surface area contributed by atoms with Crippen LogP contribution in [0.2, 0.25) is 0 Å². The second-order valence-electron chi connectivity index (χ2n) is 9.03. The van der Waals surface area contributed by atoms with Gasteiger partial charge in [-0.15, -0.1) is 10.2 Å². The predicted octanol–water partition coefficient (Wildman–Crippen LogP) is 5.17. The highest BCUT2D eigenvalue weighted by Crippen LogP contribution is 2.32. The van der Waals surface area contributed by atoms with Gasteiger partial charge in [-0.1, -0.05) is 95.0 Å². The van der Waals surface area contributed by atoms with E-state index in [-0.39, 0.29) is 23.4 Å². The van der Waals surface area contributed by atoms with Crippen LogP contribution in [0.4, 0.5) is 5.69 Å². The number of nitrogens with one attached hydrogen (secondary N) is 1. The molecule has 0 aliphatic rings. The van der Waals surface area contributed by atoms with Crippen LogP contribution in [0.25, 0.3) is 0 Å². The summed E-state index contributed by atoms with van der Waals surface area (Å²) in [6, 6.07) is 9.37.